The van der Waals surface area contributed by atoms with Crippen LogP contribution in [0, 0.1) is 0 Å². The van der Waals surface area contributed by atoms with Crippen molar-refractivity contribution in [3.63, 3.8) is 0 Å². The van der Waals surface area contributed by atoms with Gasteiger partial charge >= 0.3 is 0 Å². The Bertz CT molecular complexity index is 1090. The van der Waals surface area contributed by atoms with Crippen LogP contribution >= 0.6 is 0 Å². The first-order chi connectivity index (χ1) is 14.4. The number of benzene rings is 3. The molecule has 0 spiro atoms. The average Bonchev–Trinajstić information content (AvgIpc) is 2.72. The molecule has 0 saturated heterocycles. The second-order valence-electron chi connectivity index (χ2n) is 7.09. The molecule has 0 bridgehead atoms. The number of nitrogens with one attached hydrogen (secondary N) is 1. The van der Waals surface area contributed by atoms with Gasteiger partial charge in [-0.3, -0.25) is 4.79 Å². The fraction of sp³-hybridized carbons (Fsp3) is 0.208. The second-order valence-corrected chi connectivity index (χ2v) is 9.23. The van der Waals surface area contributed by atoms with Gasteiger partial charge < -0.3 is 10.1 Å². The number of hydrogen-bond acceptors (Lipinski definition) is 4. The Hall–Kier alpha value is -3.12. The first kappa shape index (κ1) is 21.6. The average molecular weight is 424 g/mol. The third-order valence-electron chi connectivity index (χ3n) is 4.55. The second kappa shape index (κ2) is 9.59. The fourth-order valence-electron chi connectivity index (χ4n) is 3.25. The normalized spacial score (nSPS) is 12.2. The van der Waals surface area contributed by atoms with Gasteiger partial charge in [0.25, 0.3) is 5.91 Å². The monoisotopic (exact) mass is 423 g/mol. The van der Waals surface area contributed by atoms with E-state index < -0.39 is 9.84 Å². The molecule has 1 atom stereocenters. The third-order valence-corrected chi connectivity index (χ3v) is 5.41. The number of ether oxygens (including phenoxy) is 1. The summed E-state index contributed by atoms with van der Waals surface area (Å²) >= 11 is 0. The van der Waals surface area contributed by atoms with E-state index in [1.807, 2.05) is 61.5 Å². The minimum Gasteiger partial charge on any atom is -0.494 e. The highest BCUT2D eigenvalue weighted by Crippen LogP contribution is 2.25. The smallest absolute Gasteiger partial charge is 0.252 e. The van der Waals surface area contributed by atoms with Gasteiger partial charge in [0.2, 0.25) is 0 Å². The summed E-state index contributed by atoms with van der Waals surface area (Å²) in [6.07, 6.45) is 1.18. The first-order valence-corrected chi connectivity index (χ1v) is 11.8. The van der Waals surface area contributed by atoms with Crippen LogP contribution in [0.1, 0.15) is 40.0 Å². The molecule has 1 N–H and O–H groups in total. The molecule has 3 aromatic rings. The summed E-state index contributed by atoms with van der Waals surface area (Å²) in [5, 5.41) is 3.08. The van der Waals surface area contributed by atoms with Crippen molar-refractivity contribution < 1.29 is 17.9 Å². The van der Waals surface area contributed by atoms with Gasteiger partial charge in [-0.2, -0.15) is 0 Å². The van der Waals surface area contributed by atoms with Gasteiger partial charge in [-0.05, 0) is 47.9 Å². The lowest BCUT2D eigenvalue weighted by Gasteiger charge is -2.20. The molecule has 0 heterocycles. The van der Waals surface area contributed by atoms with Crippen LogP contribution in [0.5, 0.6) is 5.75 Å². The van der Waals surface area contributed by atoms with Gasteiger partial charge in [-0.15, -0.1) is 0 Å². The summed E-state index contributed by atoms with van der Waals surface area (Å²) in [5.74, 6) is 0.399. The van der Waals surface area contributed by atoms with Gasteiger partial charge in [0.1, 0.15) is 5.75 Å². The minimum absolute atomic E-state index is 0.102. The quantitative estimate of drug-likeness (QED) is 0.591. The molecule has 1 amide bonds. The zero-order chi connectivity index (χ0) is 21.6. The molecule has 156 valence electrons. The van der Waals surface area contributed by atoms with Crippen molar-refractivity contribution in [2.75, 3.05) is 12.9 Å². The highest BCUT2D eigenvalue weighted by molar-refractivity contribution is 7.89. The summed E-state index contributed by atoms with van der Waals surface area (Å²) in [5.41, 5.74) is 2.87. The zero-order valence-corrected chi connectivity index (χ0v) is 17.9. The lowest BCUT2D eigenvalue weighted by Crippen LogP contribution is -2.29. The zero-order valence-electron chi connectivity index (χ0n) is 17.0. The summed E-state index contributed by atoms with van der Waals surface area (Å²) in [7, 11) is -3.18. The Labute approximate surface area is 177 Å². The first-order valence-electron chi connectivity index (χ1n) is 9.71. The number of carbonyl (C=O) groups is 1. The van der Waals surface area contributed by atoms with Gasteiger partial charge in [-0.25, -0.2) is 8.42 Å². The summed E-state index contributed by atoms with van der Waals surface area (Å²) in [6, 6.07) is 23.7. The summed E-state index contributed by atoms with van der Waals surface area (Å²) in [6.45, 7) is 2.51. The molecule has 0 aliphatic heterocycles. The molecular formula is C24H25NO4S. The molecule has 3 rings (SSSR count). The fourth-order valence-corrected chi connectivity index (χ4v) is 4.03. The Morgan fingerprint density at radius 1 is 0.933 bits per heavy atom. The van der Waals surface area contributed by atoms with E-state index in [0.717, 1.165) is 16.9 Å². The maximum Gasteiger partial charge on any atom is 0.252 e. The molecule has 0 aromatic heterocycles. The maximum atomic E-state index is 13.0. The van der Waals surface area contributed by atoms with Crippen molar-refractivity contribution in [3.8, 4) is 5.75 Å². The molecule has 5 nitrogen and oxygen atoms in total. The molecule has 0 fully saturated rings. The Balaban J connectivity index is 1.88. The largest absolute Gasteiger partial charge is 0.494 e. The van der Waals surface area contributed by atoms with Crippen molar-refractivity contribution in [3.05, 3.63) is 101 Å². The van der Waals surface area contributed by atoms with E-state index in [2.05, 4.69) is 5.32 Å². The van der Waals surface area contributed by atoms with E-state index in [1.54, 1.807) is 24.3 Å². The van der Waals surface area contributed by atoms with Gasteiger partial charge in [-0.1, -0.05) is 54.6 Å². The van der Waals surface area contributed by atoms with E-state index in [1.165, 1.54) is 6.26 Å². The van der Waals surface area contributed by atoms with Gasteiger partial charge in [0.15, 0.2) is 9.84 Å². The Morgan fingerprint density at radius 2 is 1.60 bits per heavy atom. The molecule has 0 unspecified atom stereocenters. The van der Waals surface area contributed by atoms with Crippen LogP contribution in [0.4, 0.5) is 0 Å². The summed E-state index contributed by atoms with van der Waals surface area (Å²) in [4.78, 5) is 13.0. The maximum absolute atomic E-state index is 13.0. The van der Waals surface area contributed by atoms with Gasteiger partial charge in [0, 0.05) is 11.8 Å². The predicted octanol–water partition coefficient (Wildman–Crippen LogP) is 4.15. The van der Waals surface area contributed by atoms with E-state index in [-0.39, 0.29) is 17.7 Å². The van der Waals surface area contributed by atoms with Crippen LogP contribution in [-0.4, -0.2) is 27.2 Å². The molecule has 6 heteroatoms. The molecule has 0 aliphatic carbocycles. The number of carbonyl (C=O) groups excluding carboxylic acids is 1. The van der Waals surface area contributed by atoms with Crippen molar-refractivity contribution in [1.29, 1.82) is 0 Å². The standard InChI is InChI=1S/C24H25NO4S/c1-3-29-22-14-12-20(13-15-22)23(19-9-5-4-6-10-19)25-24(26)21-11-7-8-18(16-21)17-30(2,27)28/h4-16,23H,3,17H2,1-2H3,(H,25,26)/t23-/m1/s1. The molecule has 30 heavy (non-hydrogen) atoms. The van der Waals surface area contributed by atoms with Crippen LogP contribution in [0.15, 0.2) is 78.9 Å². The van der Waals surface area contributed by atoms with Crippen molar-refractivity contribution in [1.82, 2.24) is 5.32 Å². The molecule has 0 aliphatic rings. The third kappa shape index (κ3) is 5.94. The number of hydrogen-bond donors (Lipinski definition) is 1. The van der Waals surface area contributed by atoms with Crippen molar-refractivity contribution in [2.45, 2.75) is 18.7 Å². The molecule has 3 aromatic carbocycles. The highest BCUT2D eigenvalue weighted by atomic mass is 32.2. The van der Waals surface area contributed by atoms with Crippen LogP contribution in [0.2, 0.25) is 0 Å². The lowest BCUT2D eigenvalue weighted by molar-refractivity contribution is 0.0943. The van der Waals surface area contributed by atoms with E-state index in [0.29, 0.717) is 17.7 Å². The predicted molar refractivity (Wildman–Crippen MR) is 118 cm³/mol. The number of rotatable bonds is 8. The van der Waals surface area contributed by atoms with Crippen LogP contribution < -0.4 is 10.1 Å². The Kier molecular flexibility index (Phi) is 6.90. The molecular weight excluding hydrogens is 398 g/mol. The van der Waals surface area contributed by atoms with E-state index in [9.17, 15) is 13.2 Å². The van der Waals surface area contributed by atoms with Crippen molar-refractivity contribution in [2.24, 2.45) is 0 Å². The minimum atomic E-state index is -3.18. The van der Waals surface area contributed by atoms with Crippen LogP contribution in [0.3, 0.4) is 0 Å². The Morgan fingerprint density at radius 3 is 2.23 bits per heavy atom. The highest BCUT2D eigenvalue weighted by Gasteiger charge is 2.18. The van der Waals surface area contributed by atoms with E-state index in [4.69, 9.17) is 4.74 Å². The molecule has 0 radical (unpaired) electrons. The number of sulfone groups is 1. The van der Waals surface area contributed by atoms with Gasteiger partial charge in [0.05, 0.1) is 18.4 Å². The topological polar surface area (TPSA) is 72.5 Å². The summed E-state index contributed by atoms with van der Waals surface area (Å²) < 4.78 is 28.7. The van der Waals surface area contributed by atoms with Crippen LogP contribution in [0.25, 0.3) is 0 Å². The number of amides is 1. The lowest BCUT2D eigenvalue weighted by atomic mass is 9.98. The van der Waals surface area contributed by atoms with Crippen LogP contribution in [-0.2, 0) is 15.6 Å². The van der Waals surface area contributed by atoms with Crippen molar-refractivity contribution >= 4 is 15.7 Å². The van der Waals surface area contributed by atoms with E-state index >= 15 is 0 Å². The molecule has 0 saturated carbocycles. The SMILES string of the molecule is CCOc1ccc([C@H](NC(=O)c2cccc(CS(C)(=O)=O)c2)c2ccccc2)cc1.